The van der Waals surface area contributed by atoms with Crippen LogP contribution < -0.4 is 0 Å². The molecule has 0 bridgehead atoms. The maximum Gasteiger partial charge on any atom is 0.0667 e. The van der Waals surface area contributed by atoms with Gasteiger partial charge in [0.25, 0.3) is 0 Å². The highest BCUT2D eigenvalue weighted by atomic mass is 16.3. The van der Waals surface area contributed by atoms with Gasteiger partial charge in [0.05, 0.1) is 18.8 Å². The molecule has 4 nitrogen and oxygen atoms in total. The molecule has 0 fully saturated rings. The second-order valence-electron chi connectivity index (χ2n) is 7.83. The SMILES string of the molecule is CC/C=C/CCCCCC(O)CN(CCO)CC(O)CCCCC/C=C/CC. The van der Waals surface area contributed by atoms with Crippen LogP contribution in [0.3, 0.4) is 0 Å². The fourth-order valence-electron chi connectivity index (χ4n) is 3.38. The van der Waals surface area contributed by atoms with Gasteiger partial charge in [0.1, 0.15) is 0 Å². The van der Waals surface area contributed by atoms with E-state index in [4.69, 9.17) is 0 Å². The normalized spacial score (nSPS) is 14.5. The van der Waals surface area contributed by atoms with E-state index in [0.29, 0.717) is 19.6 Å². The summed E-state index contributed by atoms with van der Waals surface area (Å²) in [5.41, 5.74) is 0. The van der Waals surface area contributed by atoms with Crippen LogP contribution in [-0.4, -0.2) is 58.7 Å². The van der Waals surface area contributed by atoms with Crippen LogP contribution in [0.15, 0.2) is 24.3 Å². The van der Waals surface area contributed by atoms with Crippen LogP contribution in [0.5, 0.6) is 0 Å². The van der Waals surface area contributed by atoms with Crippen LogP contribution in [-0.2, 0) is 0 Å². The van der Waals surface area contributed by atoms with Gasteiger partial charge in [-0.15, -0.1) is 0 Å². The van der Waals surface area contributed by atoms with Crippen molar-refractivity contribution in [2.45, 2.75) is 103 Å². The van der Waals surface area contributed by atoms with Gasteiger partial charge in [0, 0.05) is 19.6 Å². The largest absolute Gasteiger partial charge is 0.395 e. The molecule has 2 atom stereocenters. The maximum absolute atomic E-state index is 10.3. The Labute approximate surface area is 174 Å². The maximum atomic E-state index is 10.3. The summed E-state index contributed by atoms with van der Waals surface area (Å²) in [5.74, 6) is 0. The minimum Gasteiger partial charge on any atom is -0.395 e. The molecular weight excluding hydrogens is 350 g/mol. The van der Waals surface area contributed by atoms with Crippen LogP contribution in [0.2, 0.25) is 0 Å². The molecule has 0 aliphatic heterocycles. The Bertz CT molecular complexity index is 339. The lowest BCUT2D eigenvalue weighted by molar-refractivity contribution is 0.0519. The van der Waals surface area contributed by atoms with Gasteiger partial charge in [-0.2, -0.15) is 0 Å². The number of nitrogens with zero attached hydrogens (tertiary/aromatic N) is 1. The molecule has 2 unspecified atom stereocenters. The average Bonchev–Trinajstić information content (AvgIpc) is 2.66. The summed E-state index contributed by atoms with van der Waals surface area (Å²) in [6.07, 6.45) is 20.9. The van der Waals surface area contributed by atoms with Gasteiger partial charge in [-0.3, -0.25) is 4.90 Å². The van der Waals surface area contributed by atoms with Crippen LogP contribution in [0.4, 0.5) is 0 Å². The Morgan fingerprint density at radius 2 is 1.14 bits per heavy atom. The number of aliphatic hydroxyl groups is 3. The molecule has 0 radical (unpaired) electrons. The van der Waals surface area contributed by atoms with E-state index in [0.717, 1.165) is 64.2 Å². The Morgan fingerprint density at radius 3 is 1.54 bits per heavy atom. The zero-order chi connectivity index (χ0) is 20.9. The van der Waals surface area contributed by atoms with Crippen LogP contribution in [0.1, 0.15) is 90.9 Å². The third kappa shape index (κ3) is 18.7. The molecule has 3 N–H and O–H groups in total. The minimum atomic E-state index is -0.379. The summed E-state index contributed by atoms with van der Waals surface area (Å²) in [4.78, 5) is 2.00. The van der Waals surface area contributed by atoms with Crippen molar-refractivity contribution in [3.05, 3.63) is 24.3 Å². The van der Waals surface area contributed by atoms with E-state index in [2.05, 4.69) is 38.2 Å². The molecule has 0 aromatic rings. The van der Waals surface area contributed by atoms with Crippen molar-refractivity contribution in [3.63, 3.8) is 0 Å². The molecule has 0 saturated carbocycles. The predicted molar refractivity (Wildman–Crippen MR) is 121 cm³/mol. The van der Waals surface area contributed by atoms with Gasteiger partial charge in [-0.05, 0) is 51.4 Å². The standard InChI is InChI=1S/C24H47NO3/c1-3-5-7-9-11-13-15-17-23(27)21-25(19-20-26)22-24(28)18-16-14-12-10-8-6-4-2/h5-8,23-24,26-28H,3-4,9-22H2,1-2H3/b7-5+,8-6+. The van der Waals surface area contributed by atoms with Gasteiger partial charge in [0.15, 0.2) is 0 Å². The van der Waals surface area contributed by atoms with Crippen molar-refractivity contribution in [2.75, 3.05) is 26.2 Å². The molecule has 0 aliphatic rings. The van der Waals surface area contributed by atoms with Gasteiger partial charge in [-0.25, -0.2) is 0 Å². The lowest BCUT2D eigenvalue weighted by atomic mass is 10.1. The van der Waals surface area contributed by atoms with Gasteiger partial charge in [0.2, 0.25) is 0 Å². The number of allylic oxidation sites excluding steroid dienone is 4. The van der Waals surface area contributed by atoms with Crippen molar-refractivity contribution >= 4 is 0 Å². The first-order chi connectivity index (χ1) is 13.6. The Hall–Kier alpha value is -0.680. The highest BCUT2D eigenvalue weighted by Crippen LogP contribution is 2.11. The topological polar surface area (TPSA) is 63.9 Å². The second kappa shape index (κ2) is 21.0. The molecule has 0 aromatic carbocycles. The van der Waals surface area contributed by atoms with Gasteiger partial charge in [-0.1, -0.05) is 63.8 Å². The van der Waals surface area contributed by atoms with Crippen molar-refractivity contribution < 1.29 is 15.3 Å². The fraction of sp³-hybridized carbons (Fsp3) is 0.833. The predicted octanol–water partition coefficient (Wildman–Crippen LogP) is 4.84. The third-order valence-electron chi connectivity index (χ3n) is 4.98. The van der Waals surface area contributed by atoms with E-state index >= 15 is 0 Å². The summed E-state index contributed by atoms with van der Waals surface area (Å²) < 4.78 is 0. The first-order valence-corrected chi connectivity index (χ1v) is 11.6. The van der Waals surface area contributed by atoms with Crippen molar-refractivity contribution in [1.82, 2.24) is 4.90 Å². The summed E-state index contributed by atoms with van der Waals surface area (Å²) in [7, 11) is 0. The van der Waals surface area contributed by atoms with E-state index in [9.17, 15) is 15.3 Å². The zero-order valence-electron chi connectivity index (χ0n) is 18.6. The monoisotopic (exact) mass is 397 g/mol. The minimum absolute atomic E-state index is 0.0625. The van der Waals surface area contributed by atoms with E-state index < -0.39 is 0 Å². The van der Waals surface area contributed by atoms with Gasteiger partial charge >= 0.3 is 0 Å². The molecule has 0 aromatic heterocycles. The Balaban J connectivity index is 3.89. The molecule has 0 heterocycles. The lowest BCUT2D eigenvalue weighted by Crippen LogP contribution is -2.39. The molecule has 0 spiro atoms. The number of aliphatic hydroxyl groups excluding tert-OH is 3. The Kier molecular flexibility index (Phi) is 20.5. The summed E-state index contributed by atoms with van der Waals surface area (Å²) in [6, 6.07) is 0. The van der Waals surface area contributed by atoms with Gasteiger partial charge < -0.3 is 15.3 Å². The fourth-order valence-corrected chi connectivity index (χ4v) is 3.38. The summed E-state index contributed by atoms with van der Waals surface area (Å²) >= 11 is 0. The molecule has 28 heavy (non-hydrogen) atoms. The summed E-state index contributed by atoms with van der Waals surface area (Å²) in [5, 5.41) is 29.9. The van der Waals surface area contributed by atoms with Crippen LogP contribution in [0.25, 0.3) is 0 Å². The number of rotatable bonds is 20. The third-order valence-corrected chi connectivity index (χ3v) is 4.98. The zero-order valence-corrected chi connectivity index (χ0v) is 18.6. The molecule has 166 valence electrons. The number of hydrogen-bond donors (Lipinski definition) is 3. The highest BCUT2D eigenvalue weighted by molar-refractivity contribution is 4.80. The molecule has 4 heteroatoms. The average molecular weight is 398 g/mol. The van der Waals surface area contributed by atoms with E-state index in [1.54, 1.807) is 0 Å². The molecule has 0 aliphatic carbocycles. The van der Waals surface area contributed by atoms with E-state index in [-0.39, 0.29) is 18.8 Å². The molecule has 0 rings (SSSR count). The first kappa shape index (κ1) is 27.3. The quantitative estimate of drug-likeness (QED) is 0.203. The molecule has 0 saturated heterocycles. The Morgan fingerprint density at radius 1 is 0.679 bits per heavy atom. The van der Waals surface area contributed by atoms with E-state index in [1.807, 2.05) is 4.90 Å². The molecule has 0 amide bonds. The first-order valence-electron chi connectivity index (χ1n) is 11.6. The summed E-state index contributed by atoms with van der Waals surface area (Å²) in [6.45, 7) is 5.94. The number of unbranched alkanes of at least 4 members (excludes halogenated alkanes) is 6. The van der Waals surface area contributed by atoms with Crippen molar-refractivity contribution in [2.24, 2.45) is 0 Å². The number of hydrogen-bond acceptors (Lipinski definition) is 4. The van der Waals surface area contributed by atoms with E-state index in [1.165, 1.54) is 12.8 Å². The van der Waals surface area contributed by atoms with Crippen molar-refractivity contribution in [3.8, 4) is 0 Å². The van der Waals surface area contributed by atoms with Crippen LogP contribution >= 0.6 is 0 Å². The second-order valence-corrected chi connectivity index (χ2v) is 7.83. The lowest BCUT2D eigenvalue weighted by Gasteiger charge is -2.26. The van der Waals surface area contributed by atoms with Crippen molar-refractivity contribution in [1.29, 1.82) is 0 Å². The highest BCUT2D eigenvalue weighted by Gasteiger charge is 2.15. The smallest absolute Gasteiger partial charge is 0.0667 e. The van der Waals surface area contributed by atoms with Crippen LogP contribution in [0, 0.1) is 0 Å². The molecular formula is C24H47NO3.